The summed E-state index contributed by atoms with van der Waals surface area (Å²) >= 11 is 0. The quantitative estimate of drug-likeness (QED) is 0.844. The summed E-state index contributed by atoms with van der Waals surface area (Å²) in [5.41, 5.74) is 3.21. The molecule has 5 nitrogen and oxygen atoms in total. The Bertz CT molecular complexity index is 571. The van der Waals surface area contributed by atoms with Crippen LogP contribution in [0.5, 0.6) is 0 Å². The highest BCUT2D eigenvalue weighted by Gasteiger charge is 2.37. The number of nitrogens with one attached hydrogen (secondary N) is 1. The van der Waals surface area contributed by atoms with E-state index in [4.69, 9.17) is 4.74 Å². The molecule has 0 aromatic heterocycles. The van der Waals surface area contributed by atoms with Crippen molar-refractivity contribution in [2.24, 2.45) is 5.92 Å². The molecular weight excluding hydrogens is 280 g/mol. The lowest BCUT2D eigenvalue weighted by molar-refractivity contribution is -0.132. The first-order chi connectivity index (χ1) is 10.4. The zero-order valence-corrected chi connectivity index (χ0v) is 13.7. The number of carbonyl (C=O) groups is 2. The molecule has 1 saturated heterocycles. The molecule has 22 heavy (non-hydrogen) atoms. The lowest BCUT2D eigenvalue weighted by Crippen LogP contribution is -2.42. The molecule has 2 amide bonds. The highest BCUT2D eigenvalue weighted by Crippen LogP contribution is 2.27. The van der Waals surface area contributed by atoms with Gasteiger partial charge in [0.2, 0.25) is 11.8 Å². The lowest BCUT2D eigenvalue weighted by Gasteiger charge is -2.19. The number of aryl methyl sites for hydroxylation is 2. The van der Waals surface area contributed by atoms with Crippen molar-refractivity contribution < 1.29 is 14.3 Å². The van der Waals surface area contributed by atoms with E-state index in [1.165, 1.54) is 5.56 Å². The molecule has 1 aliphatic rings. The van der Waals surface area contributed by atoms with Crippen molar-refractivity contribution >= 4 is 17.5 Å². The minimum absolute atomic E-state index is 0.0963. The van der Waals surface area contributed by atoms with Crippen molar-refractivity contribution in [3.05, 3.63) is 29.3 Å². The van der Waals surface area contributed by atoms with Crippen LogP contribution in [0.3, 0.4) is 0 Å². The number of anilines is 1. The Morgan fingerprint density at radius 3 is 2.77 bits per heavy atom. The number of methoxy groups -OCH3 is 1. The summed E-state index contributed by atoms with van der Waals surface area (Å²) in [6.45, 7) is 6.95. The molecular formula is C17H24N2O3. The van der Waals surface area contributed by atoms with Gasteiger partial charge in [-0.25, -0.2) is 0 Å². The third-order valence-electron chi connectivity index (χ3n) is 4.13. The summed E-state index contributed by atoms with van der Waals surface area (Å²) in [4.78, 5) is 26.4. The normalized spacial score (nSPS) is 19.4. The minimum Gasteiger partial charge on any atom is -0.383 e. The number of nitrogens with zero attached hydrogens (tertiary/aromatic N) is 1. The molecule has 0 unspecified atom stereocenters. The van der Waals surface area contributed by atoms with Gasteiger partial charge in [-0.2, -0.15) is 0 Å². The van der Waals surface area contributed by atoms with Crippen LogP contribution in [0.4, 0.5) is 5.69 Å². The smallest absolute Gasteiger partial charge is 0.239 e. The van der Waals surface area contributed by atoms with Crippen molar-refractivity contribution in [1.29, 1.82) is 0 Å². The average molecular weight is 304 g/mol. The van der Waals surface area contributed by atoms with Gasteiger partial charge in [0.15, 0.2) is 0 Å². The van der Waals surface area contributed by atoms with Gasteiger partial charge in [0.05, 0.1) is 6.61 Å². The van der Waals surface area contributed by atoms with Gasteiger partial charge in [0.25, 0.3) is 0 Å². The number of ether oxygens (including phenoxy) is 1. The van der Waals surface area contributed by atoms with Crippen LogP contribution in [0.2, 0.25) is 0 Å². The first-order valence-corrected chi connectivity index (χ1v) is 7.62. The first kappa shape index (κ1) is 16.5. The number of hydrogen-bond acceptors (Lipinski definition) is 3. The first-order valence-electron chi connectivity index (χ1n) is 7.62. The van der Waals surface area contributed by atoms with Crippen LogP contribution in [0.25, 0.3) is 0 Å². The largest absolute Gasteiger partial charge is 0.383 e. The number of benzene rings is 1. The van der Waals surface area contributed by atoms with Gasteiger partial charge in [0, 0.05) is 25.4 Å². The van der Waals surface area contributed by atoms with Gasteiger partial charge in [-0.05, 0) is 50.5 Å². The predicted molar refractivity (Wildman–Crippen MR) is 85.9 cm³/mol. The van der Waals surface area contributed by atoms with E-state index in [0.29, 0.717) is 19.6 Å². The third-order valence-corrected chi connectivity index (χ3v) is 4.13. The lowest BCUT2D eigenvalue weighted by atomic mass is 10.1. The van der Waals surface area contributed by atoms with E-state index >= 15 is 0 Å². The number of amides is 2. The Morgan fingerprint density at radius 1 is 1.41 bits per heavy atom. The summed E-state index contributed by atoms with van der Waals surface area (Å²) in [6, 6.07) is 5.85. The second-order valence-electron chi connectivity index (χ2n) is 5.96. The fourth-order valence-electron chi connectivity index (χ4n) is 2.71. The molecule has 0 aliphatic carbocycles. The van der Waals surface area contributed by atoms with Crippen LogP contribution < -0.4 is 10.2 Å². The molecule has 1 aliphatic heterocycles. The Morgan fingerprint density at radius 2 is 2.14 bits per heavy atom. The summed E-state index contributed by atoms with van der Waals surface area (Å²) in [5, 5.41) is 2.83. The Hall–Kier alpha value is -1.88. The molecule has 1 heterocycles. The topological polar surface area (TPSA) is 58.6 Å². The molecule has 0 bridgehead atoms. The summed E-state index contributed by atoms with van der Waals surface area (Å²) in [6.07, 6.45) is 0.553. The second kappa shape index (κ2) is 6.92. The van der Waals surface area contributed by atoms with Crippen molar-refractivity contribution in [3.8, 4) is 0 Å². The van der Waals surface area contributed by atoms with Crippen LogP contribution >= 0.6 is 0 Å². The monoisotopic (exact) mass is 304 g/mol. The predicted octanol–water partition coefficient (Wildman–Crippen LogP) is 1.81. The maximum Gasteiger partial charge on any atom is 0.239 e. The van der Waals surface area contributed by atoms with Gasteiger partial charge in [-0.3, -0.25) is 9.59 Å². The van der Waals surface area contributed by atoms with Crippen LogP contribution in [0.15, 0.2) is 18.2 Å². The minimum atomic E-state index is -0.596. The fraction of sp³-hybridized carbons (Fsp3) is 0.529. The van der Waals surface area contributed by atoms with Crippen molar-refractivity contribution in [3.63, 3.8) is 0 Å². The molecule has 5 heteroatoms. The van der Waals surface area contributed by atoms with Crippen LogP contribution in [0, 0.1) is 19.8 Å². The standard InChI is InChI=1S/C17H24N2O3/c1-11-5-6-14(9-12(11)2)19-8-7-15(17(19)21)16(20)18-13(3)10-22-4/h5-6,9,13,15H,7-8,10H2,1-4H3,(H,18,20)/t13-,15+/m1/s1. The average Bonchev–Trinajstić information content (AvgIpc) is 2.84. The third kappa shape index (κ3) is 3.47. The van der Waals surface area contributed by atoms with Crippen molar-refractivity contribution in [2.45, 2.75) is 33.2 Å². The summed E-state index contributed by atoms with van der Waals surface area (Å²) in [5.74, 6) is -0.924. The van der Waals surface area contributed by atoms with Gasteiger partial charge < -0.3 is 15.0 Å². The zero-order chi connectivity index (χ0) is 16.3. The number of hydrogen-bond donors (Lipinski definition) is 1. The van der Waals surface area contributed by atoms with E-state index in [1.807, 2.05) is 39.0 Å². The SMILES string of the molecule is COC[C@@H](C)NC(=O)[C@@H]1CCN(c2ccc(C)c(C)c2)C1=O. The van der Waals surface area contributed by atoms with Crippen LogP contribution in [-0.2, 0) is 14.3 Å². The number of rotatable bonds is 5. The maximum atomic E-state index is 12.5. The zero-order valence-electron chi connectivity index (χ0n) is 13.7. The summed E-state index contributed by atoms with van der Waals surface area (Å²) < 4.78 is 5.00. The van der Waals surface area contributed by atoms with Crippen LogP contribution in [0.1, 0.15) is 24.5 Å². The molecule has 1 aromatic rings. The van der Waals surface area contributed by atoms with Gasteiger partial charge in [0.1, 0.15) is 5.92 Å². The molecule has 2 atom stereocenters. The highest BCUT2D eigenvalue weighted by atomic mass is 16.5. The maximum absolute atomic E-state index is 12.5. The molecule has 0 saturated carbocycles. The van der Waals surface area contributed by atoms with E-state index in [-0.39, 0.29) is 17.9 Å². The molecule has 2 rings (SSSR count). The van der Waals surface area contributed by atoms with E-state index in [0.717, 1.165) is 11.3 Å². The molecule has 0 spiro atoms. The molecule has 120 valence electrons. The van der Waals surface area contributed by atoms with E-state index in [1.54, 1.807) is 12.0 Å². The Labute approximate surface area is 131 Å². The summed E-state index contributed by atoms with van der Waals surface area (Å²) in [7, 11) is 1.59. The van der Waals surface area contributed by atoms with E-state index in [2.05, 4.69) is 5.32 Å². The fourth-order valence-corrected chi connectivity index (χ4v) is 2.71. The molecule has 1 N–H and O–H groups in total. The van der Waals surface area contributed by atoms with E-state index in [9.17, 15) is 9.59 Å². The van der Waals surface area contributed by atoms with Crippen molar-refractivity contribution in [1.82, 2.24) is 5.32 Å². The highest BCUT2D eigenvalue weighted by molar-refractivity contribution is 6.09. The molecule has 0 radical (unpaired) electrons. The molecule has 1 aromatic carbocycles. The Balaban J connectivity index is 2.06. The van der Waals surface area contributed by atoms with Crippen LogP contribution in [-0.4, -0.2) is 38.1 Å². The van der Waals surface area contributed by atoms with Gasteiger partial charge >= 0.3 is 0 Å². The van der Waals surface area contributed by atoms with E-state index < -0.39 is 5.92 Å². The van der Waals surface area contributed by atoms with Gasteiger partial charge in [-0.1, -0.05) is 6.07 Å². The van der Waals surface area contributed by atoms with Crippen molar-refractivity contribution in [2.75, 3.05) is 25.2 Å². The second-order valence-corrected chi connectivity index (χ2v) is 5.96. The number of carbonyl (C=O) groups excluding carboxylic acids is 2. The van der Waals surface area contributed by atoms with Gasteiger partial charge in [-0.15, -0.1) is 0 Å². The molecule has 1 fully saturated rings. The Kier molecular flexibility index (Phi) is 5.19.